The quantitative estimate of drug-likeness (QED) is 0.748. The van der Waals surface area contributed by atoms with Crippen molar-refractivity contribution in [1.29, 1.82) is 0 Å². The van der Waals surface area contributed by atoms with Crippen molar-refractivity contribution < 1.29 is 14.0 Å². The predicted molar refractivity (Wildman–Crippen MR) is 99.7 cm³/mol. The average Bonchev–Trinajstić information content (AvgIpc) is 2.56. The number of hydrogen-bond donors (Lipinski definition) is 1. The Hall–Kier alpha value is -1.46. The van der Waals surface area contributed by atoms with Crippen molar-refractivity contribution in [2.45, 2.75) is 45.6 Å². The minimum absolute atomic E-state index is 0. The zero-order valence-corrected chi connectivity index (χ0v) is 15.8. The van der Waals surface area contributed by atoms with E-state index >= 15 is 0 Å². The summed E-state index contributed by atoms with van der Waals surface area (Å²) >= 11 is 0. The molecule has 0 bridgehead atoms. The smallest absolute Gasteiger partial charge is 0.222 e. The zero-order valence-electron chi connectivity index (χ0n) is 15.0. The number of piperidine rings is 1. The molecule has 1 aromatic carbocycles. The summed E-state index contributed by atoms with van der Waals surface area (Å²) in [5, 5.41) is 3.09. The molecular formula is C19H28ClFN2O2. The second kappa shape index (κ2) is 10.5. The van der Waals surface area contributed by atoms with Gasteiger partial charge >= 0.3 is 0 Å². The Morgan fingerprint density at radius 2 is 1.80 bits per heavy atom. The Bertz CT molecular complexity index is 555. The number of carbonyl (C=O) groups excluding carboxylic acids is 2. The molecule has 0 unspecified atom stereocenters. The van der Waals surface area contributed by atoms with Crippen molar-refractivity contribution in [2.75, 3.05) is 19.6 Å². The first kappa shape index (κ1) is 21.6. The minimum atomic E-state index is -0.320. The number of halogens is 2. The van der Waals surface area contributed by atoms with Crippen molar-refractivity contribution in [3.63, 3.8) is 0 Å². The highest BCUT2D eigenvalue weighted by Gasteiger charge is 2.21. The van der Waals surface area contributed by atoms with Crippen LogP contribution in [-0.4, -0.2) is 42.3 Å². The third kappa shape index (κ3) is 7.12. The first-order valence-corrected chi connectivity index (χ1v) is 8.77. The normalized spacial score (nSPS) is 15.7. The van der Waals surface area contributed by atoms with Crippen LogP contribution >= 0.6 is 12.4 Å². The minimum Gasteiger partial charge on any atom is -0.353 e. The van der Waals surface area contributed by atoms with Gasteiger partial charge in [0.2, 0.25) is 5.91 Å². The Kier molecular flexibility index (Phi) is 9.08. The lowest BCUT2D eigenvalue weighted by Gasteiger charge is -2.32. The standard InChI is InChI=1S/C19H27FN2O2.ClH/c1-14(2)19(24)21-17-9-12-22(13-10-17)11-3-4-18(23)15-5-7-16(20)8-6-15;/h5-8,14,17H,3-4,9-13H2,1-2H3,(H,21,24);1H. The largest absolute Gasteiger partial charge is 0.353 e. The molecule has 1 fully saturated rings. The molecule has 1 heterocycles. The van der Waals surface area contributed by atoms with Gasteiger partial charge in [0.15, 0.2) is 5.78 Å². The molecule has 4 nitrogen and oxygen atoms in total. The summed E-state index contributed by atoms with van der Waals surface area (Å²) in [6, 6.07) is 6.01. The molecule has 0 saturated carbocycles. The van der Waals surface area contributed by atoms with Crippen molar-refractivity contribution >= 4 is 24.1 Å². The molecule has 2 rings (SSSR count). The summed E-state index contributed by atoms with van der Waals surface area (Å²) in [7, 11) is 0. The predicted octanol–water partition coefficient (Wildman–Crippen LogP) is 3.45. The Balaban J connectivity index is 0.00000312. The molecule has 1 aliphatic rings. The molecule has 0 radical (unpaired) electrons. The van der Waals surface area contributed by atoms with Crippen LogP contribution in [0.3, 0.4) is 0 Å². The molecule has 1 amide bonds. The molecule has 140 valence electrons. The molecule has 0 aliphatic carbocycles. The third-order valence-electron chi connectivity index (χ3n) is 4.50. The number of amides is 1. The van der Waals surface area contributed by atoms with Gasteiger partial charge < -0.3 is 10.2 Å². The van der Waals surface area contributed by atoms with Crippen LogP contribution in [0.1, 0.15) is 49.9 Å². The maximum atomic E-state index is 12.9. The Morgan fingerprint density at radius 3 is 2.36 bits per heavy atom. The summed E-state index contributed by atoms with van der Waals surface area (Å²) in [5.41, 5.74) is 0.575. The highest BCUT2D eigenvalue weighted by Crippen LogP contribution is 2.13. The van der Waals surface area contributed by atoms with E-state index in [4.69, 9.17) is 0 Å². The van der Waals surface area contributed by atoms with Crippen LogP contribution in [-0.2, 0) is 4.79 Å². The van der Waals surface area contributed by atoms with Gasteiger partial charge in [0.1, 0.15) is 5.82 Å². The van der Waals surface area contributed by atoms with Crippen LogP contribution in [0.15, 0.2) is 24.3 Å². The van der Waals surface area contributed by atoms with Crippen molar-refractivity contribution in [3.8, 4) is 0 Å². The van der Waals surface area contributed by atoms with Gasteiger partial charge in [0.25, 0.3) is 0 Å². The van der Waals surface area contributed by atoms with Crippen LogP contribution in [0.4, 0.5) is 4.39 Å². The van der Waals surface area contributed by atoms with E-state index in [2.05, 4.69) is 10.2 Å². The zero-order chi connectivity index (χ0) is 17.5. The van der Waals surface area contributed by atoms with Crippen molar-refractivity contribution in [2.24, 2.45) is 5.92 Å². The van der Waals surface area contributed by atoms with Crippen LogP contribution < -0.4 is 5.32 Å². The third-order valence-corrected chi connectivity index (χ3v) is 4.50. The van der Waals surface area contributed by atoms with E-state index in [-0.39, 0.29) is 41.9 Å². The molecule has 1 N–H and O–H groups in total. The van der Waals surface area contributed by atoms with Gasteiger partial charge in [-0.15, -0.1) is 12.4 Å². The Labute approximate surface area is 155 Å². The lowest BCUT2D eigenvalue weighted by molar-refractivity contribution is -0.125. The van der Waals surface area contributed by atoms with Crippen LogP contribution in [0.5, 0.6) is 0 Å². The number of nitrogens with zero attached hydrogens (tertiary/aromatic N) is 1. The van der Waals surface area contributed by atoms with Crippen LogP contribution in [0, 0.1) is 11.7 Å². The molecule has 25 heavy (non-hydrogen) atoms. The lowest BCUT2D eigenvalue weighted by Crippen LogP contribution is -2.45. The van der Waals surface area contributed by atoms with Gasteiger partial charge in [-0.25, -0.2) is 4.39 Å². The fourth-order valence-corrected chi connectivity index (χ4v) is 2.91. The number of Topliss-reactive ketones (excluding diaryl/α,β-unsaturated/α-hetero) is 1. The molecule has 1 aromatic rings. The maximum Gasteiger partial charge on any atom is 0.222 e. The Morgan fingerprint density at radius 1 is 1.20 bits per heavy atom. The highest BCUT2D eigenvalue weighted by atomic mass is 35.5. The van der Waals surface area contributed by atoms with Gasteiger partial charge in [-0.1, -0.05) is 13.8 Å². The number of carbonyl (C=O) groups is 2. The first-order valence-electron chi connectivity index (χ1n) is 8.77. The van der Waals surface area contributed by atoms with E-state index in [0.717, 1.165) is 38.9 Å². The number of benzene rings is 1. The van der Waals surface area contributed by atoms with E-state index in [0.29, 0.717) is 12.0 Å². The average molecular weight is 371 g/mol. The van der Waals surface area contributed by atoms with Gasteiger partial charge in [-0.2, -0.15) is 0 Å². The number of hydrogen-bond acceptors (Lipinski definition) is 3. The topological polar surface area (TPSA) is 49.4 Å². The van der Waals surface area contributed by atoms with E-state index in [1.54, 1.807) is 12.1 Å². The number of ketones is 1. The van der Waals surface area contributed by atoms with Gasteiger partial charge in [0.05, 0.1) is 0 Å². The molecule has 0 aromatic heterocycles. The molecule has 1 aliphatic heterocycles. The van der Waals surface area contributed by atoms with Crippen molar-refractivity contribution in [1.82, 2.24) is 10.2 Å². The lowest BCUT2D eigenvalue weighted by atomic mass is 10.0. The molecule has 0 spiro atoms. The summed E-state index contributed by atoms with van der Waals surface area (Å²) < 4.78 is 12.9. The second-order valence-electron chi connectivity index (χ2n) is 6.81. The molecule has 6 heteroatoms. The highest BCUT2D eigenvalue weighted by molar-refractivity contribution is 5.95. The number of rotatable bonds is 7. The first-order chi connectivity index (χ1) is 11.5. The second-order valence-corrected chi connectivity index (χ2v) is 6.81. The fourth-order valence-electron chi connectivity index (χ4n) is 2.91. The monoisotopic (exact) mass is 370 g/mol. The number of nitrogens with one attached hydrogen (secondary N) is 1. The SMILES string of the molecule is CC(C)C(=O)NC1CCN(CCCC(=O)c2ccc(F)cc2)CC1.Cl. The van der Waals surface area contributed by atoms with Gasteiger partial charge in [-0.3, -0.25) is 9.59 Å². The van der Waals surface area contributed by atoms with E-state index < -0.39 is 0 Å². The summed E-state index contributed by atoms with van der Waals surface area (Å²) in [4.78, 5) is 26.1. The van der Waals surface area contributed by atoms with Crippen LogP contribution in [0.25, 0.3) is 0 Å². The van der Waals surface area contributed by atoms with Gasteiger partial charge in [0, 0.05) is 37.0 Å². The molecule has 0 atom stereocenters. The maximum absolute atomic E-state index is 12.9. The number of likely N-dealkylation sites (tertiary alicyclic amines) is 1. The summed E-state index contributed by atoms with van der Waals surface area (Å²) in [6.45, 7) is 6.60. The van der Waals surface area contributed by atoms with E-state index in [1.165, 1.54) is 12.1 Å². The molecular weight excluding hydrogens is 343 g/mol. The van der Waals surface area contributed by atoms with E-state index in [9.17, 15) is 14.0 Å². The van der Waals surface area contributed by atoms with Crippen molar-refractivity contribution in [3.05, 3.63) is 35.6 Å². The fraction of sp³-hybridized carbons (Fsp3) is 0.579. The van der Waals surface area contributed by atoms with Gasteiger partial charge in [-0.05, 0) is 50.1 Å². The summed E-state index contributed by atoms with van der Waals surface area (Å²) in [6.07, 6.45) is 3.21. The summed E-state index contributed by atoms with van der Waals surface area (Å²) in [5.74, 6) is -0.105. The van der Waals surface area contributed by atoms with Crippen LogP contribution in [0.2, 0.25) is 0 Å². The molecule has 1 saturated heterocycles. The van der Waals surface area contributed by atoms with E-state index in [1.807, 2.05) is 13.8 Å².